The Bertz CT molecular complexity index is 818. The van der Waals surface area contributed by atoms with Crippen molar-refractivity contribution in [1.82, 2.24) is 5.32 Å². The summed E-state index contributed by atoms with van der Waals surface area (Å²) in [5.74, 6) is -0.0950. The summed E-state index contributed by atoms with van der Waals surface area (Å²) < 4.78 is 0. The minimum atomic E-state index is -0.868. The number of amides is 1. The Morgan fingerprint density at radius 1 is 0.581 bits per heavy atom. The molecule has 0 aromatic carbocycles. The predicted molar refractivity (Wildman–Crippen MR) is 188 cm³/mol. The predicted octanol–water partition coefficient (Wildman–Crippen LogP) is 10.2. The Morgan fingerprint density at radius 3 is 1.63 bits per heavy atom. The molecule has 0 aliphatic rings. The highest BCUT2D eigenvalue weighted by Gasteiger charge is 2.17. The molecule has 0 spiro atoms. The monoisotopic (exact) mass is 595 g/mol. The van der Waals surface area contributed by atoms with Crippen LogP contribution in [0.4, 0.5) is 0 Å². The van der Waals surface area contributed by atoms with Gasteiger partial charge in [-0.05, 0) is 70.6 Å². The van der Waals surface area contributed by atoms with Gasteiger partial charge in [0.05, 0.1) is 18.8 Å². The van der Waals surface area contributed by atoms with Crippen molar-refractivity contribution in [3.63, 3.8) is 0 Å². The van der Waals surface area contributed by atoms with E-state index in [-0.39, 0.29) is 12.5 Å². The summed E-state index contributed by atoms with van der Waals surface area (Å²) in [5, 5.41) is 22.7. The van der Waals surface area contributed by atoms with Crippen molar-refractivity contribution < 1.29 is 15.0 Å². The molecule has 0 radical (unpaired) electrons. The van der Waals surface area contributed by atoms with Crippen molar-refractivity contribution >= 4 is 5.91 Å². The van der Waals surface area contributed by atoms with Crippen LogP contribution in [0.15, 0.2) is 85.1 Å². The van der Waals surface area contributed by atoms with Gasteiger partial charge in [0.1, 0.15) is 0 Å². The van der Waals surface area contributed by atoms with Crippen molar-refractivity contribution in [2.45, 2.75) is 148 Å². The summed E-state index contributed by atoms with van der Waals surface area (Å²) in [6.45, 7) is 4.08. The Balaban J connectivity index is 3.68. The van der Waals surface area contributed by atoms with E-state index in [9.17, 15) is 15.0 Å². The number of nitrogens with one attached hydrogen (secondary N) is 1. The summed E-state index contributed by atoms with van der Waals surface area (Å²) >= 11 is 0. The molecule has 4 heteroatoms. The lowest BCUT2D eigenvalue weighted by molar-refractivity contribution is -0.123. The average molecular weight is 596 g/mol. The minimum Gasteiger partial charge on any atom is -0.394 e. The molecule has 0 bridgehead atoms. The Morgan fingerprint density at radius 2 is 1.05 bits per heavy atom. The second kappa shape index (κ2) is 34.1. The van der Waals surface area contributed by atoms with Gasteiger partial charge in [-0.25, -0.2) is 0 Å². The smallest absolute Gasteiger partial charge is 0.220 e. The number of allylic oxidation sites excluding steroid dienone is 13. The second-order valence-electron chi connectivity index (χ2n) is 11.2. The number of hydrogen-bond donors (Lipinski definition) is 3. The molecule has 0 aromatic rings. The zero-order valence-corrected chi connectivity index (χ0v) is 27.7. The van der Waals surface area contributed by atoms with Crippen LogP contribution in [-0.4, -0.2) is 34.9 Å². The van der Waals surface area contributed by atoms with Gasteiger partial charge < -0.3 is 15.5 Å². The average Bonchev–Trinajstić information content (AvgIpc) is 3.01. The number of carbonyl (C=O) groups excluding carboxylic acids is 1. The van der Waals surface area contributed by atoms with Gasteiger partial charge in [0, 0.05) is 6.42 Å². The highest BCUT2D eigenvalue weighted by Crippen LogP contribution is 2.11. The number of hydrogen-bond acceptors (Lipinski definition) is 3. The van der Waals surface area contributed by atoms with E-state index in [2.05, 4.69) is 92.1 Å². The van der Waals surface area contributed by atoms with Crippen LogP contribution in [0.5, 0.6) is 0 Å². The van der Waals surface area contributed by atoms with Crippen LogP contribution in [0, 0.1) is 0 Å². The van der Waals surface area contributed by atoms with Crippen molar-refractivity contribution in [3.8, 4) is 0 Å². The van der Waals surface area contributed by atoms with Crippen molar-refractivity contribution in [3.05, 3.63) is 85.1 Å². The van der Waals surface area contributed by atoms with Crippen molar-refractivity contribution in [2.24, 2.45) is 0 Å². The standard InChI is InChI=1S/C39H65NO3/c1-3-5-7-9-11-13-14-15-16-17-18-19-20-21-22-23-24-25-26-27-29-31-33-35-39(43)40-37(36-41)38(42)34-32-30-28-12-10-8-6-4-2/h5,7,10-13,15-16,18-19,21-22,32,34,37-38,41-42H,3-4,6,8-9,14,17,20,23-31,33,35-36H2,1-2H3,(H,40,43)/b7-5-,12-10+,13-11-,16-15-,19-18-,22-21-,34-32+. The molecule has 4 nitrogen and oxygen atoms in total. The summed E-state index contributed by atoms with van der Waals surface area (Å²) in [5.41, 5.74) is 0. The Labute approximate surface area is 265 Å². The molecular weight excluding hydrogens is 530 g/mol. The molecule has 1 amide bonds. The summed E-state index contributed by atoms with van der Waals surface area (Å²) in [4.78, 5) is 12.3. The molecule has 0 aliphatic carbocycles. The third kappa shape index (κ3) is 30.8. The van der Waals surface area contributed by atoms with Crippen LogP contribution in [0.3, 0.4) is 0 Å². The van der Waals surface area contributed by atoms with Crippen molar-refractivity contribution in [2.75, 3.05) is 6.61 Å². The SMILES string of the molecule is CC/C=C\C/C=C\C/C=C\C/C=C\C/C=C\CCCCCCCCCC(=O)NC(CO)C(O)/C=C/CC/C=C/CCCC. The molecule has 43 heavy (non-hydrogen) atoms. The first kappa shape index (κ1) is 40.6. The van der Waals surface area contributed by atoms with E-state index in [0.29, 0.717) is 6.42 Å². The van der Waals surface area contributed by atoms with Gasteiger partial charge in [0.15, 0.2) is 0 Å². The summed E-state index contributed by atoms with van der Waals surface area (Å²) in [6.07, 6.45) is 49.6. The van der Waals surface area contributed by atoms with Gasteiger partial charge in [0.2, 0.25) is 5.91 Å². The molecule has 3 N–H and O–H groups in total. The van der Waals surface area contributed by atoms with Crippen LogP contribution in [-0.2, 0) is 4.79 Å². The van der Waals surface area contributed by atoms with Crippen LogP contribution in [0.2, 0.25) is 0 Å². The van der Waals surface area contributed by atoms with E-state index in [0.717, 1.165) is 77.0 Å². The molecule has 0 rings (SSSR count). The first-order chi connectivity index (χ1) is 21.2. The molecular formula is C39H65NO3. The Hall–Kier alpha value is -2.43. The third-order valence-electron chi connectivity index (χ3n) is 7.11. The first-order valence-corrected chi connectivity index (χ1v) is 17.3. The fraction of sp³-hybridized carbons (Fsp3) is 0.615. The molecule has 0 aliphatic heterocycles. The van der Waals surface area contributed by atoms with Gasteiger partial charge in [-0.1, -0.05) is 144 Å². The van der Waals surface area contributed by atoms with Gasteiger partial charge in [-0.3, -0.25) is 4.79 Å². The number of rotatable bonds is 29. The van der Waals surface area contributed by atoms with E-state index in [4.69, 9.17) is 0 Å². The van der Waals surface area contributed by atoms with Gasteiger partial charge in [-0.2, -0.15) is 0 Å². The Kier molecular flexibility index (Phi) is 32.1. The van der Waals surface area contributed by atoms with Crippen LogP contribution >= 0.6 is 0 Å². The van der Waals surface area contributed by atoms with E-state index in [1.54, 1.807) is 6.08 Å². The summed E-state index contributed by atoms with van der Waals surface area (Å²) in [7, 11) is 0. The fourth-order valence-electron chi connectivity index (χ4n) is 4.44. The van der Waals surface area contributed by atoms with Crippen molar-refractivity contribution in [1.29, 1.82) is 0 Å². The molecule has 2 unspecified atom stereocenters. The molecule has 244 valence electrons. The summed E-state index contributed by atoms with van der Waals surface area (Å²) in [6, 6.07) is -0.646. The quantitative estimate of drug-likeness (QED) is 0.0595. The zero-order chi connectivity index (χ0) is 31.5. The van der Waals surface area contributed by atoms with E-state index < -0.39 is 12.1 Å². The van der Waals surface area contributed by atoms with E-state index >= 15 is 0 Å². The maximum atomic E-state index is 12.3. The van der Waals surface area contributed by atoms with Gasteiger partial charge in [-0.15, -0.1) is 0 Å². The van der Waals surface area contributed by atoms with Crippen LogP contribution in [0.25, 0.3) is 0 Å². The van der Waals surface area contributed by atoms with Gasteiger partial charge in [0.25, 0.3) is 0 Å². The molecule has 0 aromatic heterocycles. The van der Waals surface area contributed by atoms with Gasteiger partial charge >= 0.3 is 0 Å². The molecule has 0 heterocycles. The normalized spacial score (nSPS) is 14.2. The largest absolute Gasteiger partial charge is 0.394 e. The number of aliphatic hydroxyl groups is 2. The minimum absolute atomic E-state index is 0.0950. The number of aliphatic hydroxyl groups excluding tert-OH is 2. The highest BCUT2D eigenvalue weighted by atomic mass is 16.3. The third-order valence-corrected chi connectivity index (χ3v) is 7.11. The van der Waals surface area contributed by atoms with E-state index in [1.807, 2.05) is 6.08 Å². The molecule has 2 atom stereocenters. The number of carbonyl (C=O) groups is 1. The van der Waals surface area contributed by atoms with Crippen LogP contribution in [0.1, 0.15) is 136 Å². The second-order valence-corrected chi connectivity index (χ2v) is 11.2. The lowest BCUT2D eigenvalue weighted by atomic mass is 10.1. The maximum Gasteiger partial charge on any atom is 0.220 e. The van der Waals surface area contributed by atoms with Crippen LogP contribution < -0.4 is 5.32 Å². The zero-order valence-electron chi connectivity index (χ0n) is 27.7. The molecule has 0 saturated carbocycles. The maximum absolute atomic E-state index is 12.3. The number of unbranched alkanes of at least 4 members (excludes halogenated alkanes) is 10. The lowest BCUT2D eigenvalue weighted by Crippen LogP contribution is -2.45. The molecule has 0 fully saturated rings. The first-order valence-electron chi connectivity index (χ1n) is 17.3. The van der Waals surface area contributed by atoms with E-state index in [1.165, 1.54) is 38.5 Å². The highest BCUT2D eigenvalue weighted by molar-refractivity contribution is 5.76. The topological polar surface area (TPSA) is 69.6 Å². The fourth-order valence-corrected chi connectivity index (χ4v) is 4.44. The lowest BCUT2D eigenvalue weighted by Gasteiger charge is -2.19. The molecule has 0 saturated heterocycles.